The fourth-order valence-electron chi connectivity index (χ4n) is 2.90. The number of fused-ring (bicyclic) bond motifs is 2. The minimum absolute atomic E-state index is 0.177. The molecule has 3 heterocycles. The molecule has 0 saturated heterocycles. The molecule has 2 aromatic heterocycles. The van der Waals surface area contributed by atoms with E-state index < -0.39 is 0 Å². The average Bonchev–Trinajstić information content (AvgIpc) is 3.08. The van der Waals surface area contributed by atoms with Crippen LogP contribution in [0.25, 0.3) is 5.78 Å². The van der Waals surface area contributed by atoms with Crippen molar-refractivity contribution in [3.05, 3.63) is 47.5 Å². The van der Waals surface area contributed by atoms with Gasteiger partial charge < -0.3 is 14.4 Å². The predicted octanol–water partition coefficient (Wildman–Crippen LogP) is 2.04. The van der Waals surface area contributed by atoms with Gasteiger partial charge in [0.15, 0.2) is 11.5 Å². The van der Waals surface area contributed by atoms with E-state index in [2.05, 4.69) is 15.2 Å². The Bertz CT molecular complexity index is 984. The van der Waals surface area contributed by atoms with Gasteiger partial charge in [0.2, 0.25) is 5.82 Å². The monoisotopic (exact) mass is 353 g/mol. The van der Waals surface area contributed by atoms with Crippen molar-refractivity contribution in [3.63, 3.8) is 0 Å². The van der Waals surface area contributed by atoms with Crippen molar-refractivity contribution in [1.82, 2.24) is 24.5 Å². The molecular formula is C18H19N5O3. The molecule has 3 aromatic rings. The third-order valence-corrected chi connectivity index (χ3v) is 4.56. The molecule has 1 aromatic carbocycles. The highest BCUT2D eigenvalue weighted by Gasteiger charge is 2.25. The van der Waals surface area contributed by atoms with E-state index in [9.17, 15) is 4.79 Å². The van der Waals surface area contributed by atoms with E-state index in [0.29, 0.717) is 24.7 Å². The first-order chi connectivity index (χ1) is 12.5. The first-order valence-corrected chi connectivity index (χ1v) is 8.39. The number of hydrogen-bond acceptors (Lipinski definition) is 6. The summed E-state index contributed by atoms with van der Waals surface area (Å²) in [6.45, 7) is 4.90. The molecule has 0 radical (unpaired) electrons. The molecule has 134 valence electrons. The molecule has 0 spiro atoms. The van der Waals surface area contributed by atoms with Crippen LogP contribution in [0.5, 0.6) is 11.5 Å². The van der Waals surface area contributed by atoms with E-state index >= 15 is 0 Å². The Morgan fingerprint density at radius 2 is 1.96 bits per heavy atom. The lowest BCUT2D eigenvalue weighted by molar-refractivity contribution is 0.0728. The van der Waals surface area contributed by atoms with Crippen LogP contribution in [0.15, 0.2) is 30.5 Å². The summed E-state index contributed by atoms with van der Waals surface area (Å²) < 4.78 is 12.8. The number of rotatable bonds is 3. The van der Waals surface area contributed by atoms with Gasteiger partial charge in [-0.15, -0.1) is 10.2 Å². The number of carbonyl (C=O) groups is 1. The van der Waals surface area contributed by atoms with Crippen molar-refractivity contribution in [2.45, 2.75) is 19.9 Å². The average molecular weight is 353 g/mol. The lowest BCUT2D eigenvalue weighted by Crippen LogP contribution is -2.31. The highest BCUT2D eigenvalue weighted by atomic mass is 16.6. The third kappa shape index (κ3) is 2.73. The van der Waals surface area contributed by atoms with E-state index in [-0.39, 0.29) is 17.8 Å². The summed E-state index contributed by atoms with van der Waals surface area (Å²) in [6, 6.07) is 7.36. The first kappa shape index (κ1) is 16.3. The Hall–Kier alpha value is -3.16. The molecule has 8 nitrogen and oxygen atoms in total. The maximum atomic E-state index is 12.9. The van der Waals surface area contributed by atoms with Crippen LogP contribution in [0.1, 0.15) is 34.8 Å². The molecule has 0 saturated carbocycles. The van der Waals surface area contributed by atoms with E-state index in [4.69, 9.17) is 9.47 Å². The van der Waals surface area contributed by atoms with Crippen LogP contribution in [0.4, 0.5) is 0 Å². The summed E-state index contributed by atoms with van der Waals surface area (Å²) in [6.07, 6.45) is 1.76. The minimum Gasteiger partial charge on any atom is -0.486 e. The van der Waals surface area contributed by atoms with Crippen molar-refractivity contribution >= 4 is 11.7 Å². The SMILES string of the molecule is Cc1ccn2c(C(=O)N(C)[C@H](C)c3ccc4c(c3)OCCO4)nnc2n1. The third-order valence-electron chi connectivity index (χ3n) is 4.56. The van der Waals surface area contributed by atoms with Gasteiger partial charge in [-0.05, 0) is 37.6 Å². The van der Waals surface area contributed by atoms with Crippen molar-refractivity contribution < 1.29 is 14.3 Å². The second-order valence-electron chi connectivity index (χ2n) is 6.26. The van der Waals surface area contributed by atoms with Crippen LogP contribution in [-0.2, 0) is 0 Å². The molecule has 0 N–H and O–H groups in total. The molecule has 1 aliphatic rings. The van der Waals surface area contributed by atoms with Gasteiger partial charge in [0.1, 0.15) is 13.2 Å². The van der Waals surface area contributed by atoms with E-state index in [0.717, 1.165) is 17.0 Å². The second kappa shape index (κ2) is 6.29. The highest BCUT2D eigenvalue weighted by Crippen LogP contribution is 2.34. The van der Waals surface area contributed by atoms with Crippen molar-refractivity contribution in [3.8, 4) is 11.5 Å². The lowest BCUT2D eigenvalue weighted by Gasteiger charge is -2.26. The molecule has 0 aliphatic carbocycles. The maximum absolute atomic E-state index is 12.9. The predicted molar refractivity (Wildman–Crippen MR) is 93.5 cm³/mol. The summed E-state index contributed by atoms with van der Waals surface area (Å²) in [5.74, 6) is 1.85. The Balaban J connectivity index is 1.61. The van der Waals surface area contributed by atoms with Gasteiger partial charge in [0.25, 0.3) is 11.7 Å². The summed E-state index contributed by atoms with van der Waals surface area (Å²) in [5.41, 5.74) is 1.77. The van der Waals surface area contributed by atoms with Gasteiger partial charge in [-0.2, -0.15) is 0 Å². The molecule has 8 heteroatoms. The van der Waals surface area contributed by atoms with Gasteiger partial charge in [-0.1, -0.05) is 6.07 Å². The number of aryl methyl sites for hydroxylation is 1. The number of aromatic nitrogens is 4. The molecule has 1 amide bonds. The van der Waals surface area contributed by atoms with Gasteiger partial charge >= 0.3 is 0 Å². The lowest BCUT2D eigenvalue weighted by atomic mass is 10.1. The number of nitrogens with zero attached hydrogens (tertiary/aromatic N) is 5. The minimum atomic E-state index is -0.231. The van der Waals surface area contributed by atoms with Gasteiger partial charge in [0.05, 0.1) is 6.04 Å². The van der Waals surface area contributed by atoms with Crippen molar-refractivity contribution in [1.29, 1.82) is 0 Å². The van der Waals surface area contributed by atoms with Crippen molar-refractivity contribution in [2.24, 2.45) is 0 Å². The Morgan fingerprint density at radius 3 is 2.77 bits per heavy atom. The number of benzene rings is 1. The topological polar surface area (TPSA) is 81.9 Å². The fraction of sp³-hybridized carbons (Fsp3) is 0.333. The maximum Gasteiger partial charge on any atom is 0.292 e. The summed E-state index contributed by atoms with van der Waals surface area (Å²) in [7, 11) is 1.74. The molecule has 0 bridgehead atoms. The van der Waals surface area contributed by atoms with Crippen LogP contribution < -0.4 is 9.47 Å². The van der Waals surface area contributed by atoms with Crippen LogP contribution in [0, 0.1) is 6.92 Å². The van der Waals surface area contributed by atoms with Crippen LogP contribution in [0.3, 0.4) is 0 Å². The first-order valence-electron chi connectivity index (χ1n) is 8.39. The second-order valence-corrected chi connectivity index (χ2v) is 6.26. The van der Waals surface area contributed by atoms with Crippen LogP contribution in [-0.4, -0.2) is 50.7 Å². The molecule has 26 heavy (non-hydrogen) atoms. The van der Waals surface area contributed by atoms with E-state index in [1.165, 1.54) is 0 Å². The number of hydrogen-bond donors (Lipinski definition) is 0. The zero-order chi connectivity index (χ0) is 18.3. The van der Waals surface area contributed by atoms with E-state index in [1.807, 2.05) is 38.1 Å². The smallest absolute Gasteiger partial charge is 0.292 e. The highest BCUT2D eigenvalue weighted by molar-refractivity contribution is 5.91. The zero-order valence-electron chi connectivity index (χ0n) is 14.8. The normalized spacial score (nSPS) is 14.3. The van der Waals surface area contributed by atoms with Crippen molar-refractivity contribution in [2.75, 3.05) is 20.3 Å². The molecule has 1 aliphatic heterocycles. The summed E-state index contributed by atoms with van der Waals surface area (Å²) in [5, 5.41) is 8.01. The molecular weight excluding hydrogens is 334 g/mol. The van der Waals surface area contributed by atoms with E-state index in [1.54, 1.807) is 22.5 Å². The van der Waals surface area contributed by atoms with Gasteiger partial charge in [-0.3, -0.25) is 9.20 Å². The quantitative estimate of drug-likeness (QED) is 0.717. The fourth-order valence-corrected chi connectivity index (χ4v) is 2.90. The largest absolute Gasteiger partial charge is 0.486 e. The Morgan fingerprint density at radius 1 is 1.19 bits per heavy atom. The van der Waals surface area contributed by atoms with Gasteiger partial charge in [-0.25, -0.2) is 4.98 Å². The number of carbonyl (C=O) groups excluding carboxylic acids is 1. The molecule has 0 unspecified atom stereocenters. The Kier molecular flexibility index (Phi) is 3.95. The Labute approximate surface area is 150 Å². The molecule has 0 fully saturated rings. The summed E-state index contributed by atoms with van der Waals surface area (Å²) in [4.78, 5) is 18.8. The molecule has 4 rings (SSSR count). The molecule has 1 atom stereocenters. The summed E-state index contributed by atoms with van der Waals surface area (Å²) >= 11 is 0. The van der Waals surface area contributed by atoms with Crippen LogP contribution >= 0.6 is 0 Å². The number of amides is 1. The standard InChI is InChI=1S/C18H19N5O3/c1-11-6-7-23-16(20-21-18(23)19-11)17(24)22(3)12(2)13-4-5-14-15(10-13)26-9-8-25-14/h4-7,10,12H,8-9H2,1-3H3/t12-/m1/s1. The zero-order valence-corrected chi connectivity index (χ0v) is 14.8. The van der Waals surface area contributed by atoms with Crippen LogP contribution in [0.2, 0.25) is 0 Å². The number of ether oxygens (including phenoxy) is 2. The van der Waals surface area contributed by atoms with Gasteiger partial charge in [0, 0.05) is 18.9 Å².